The van der Waals surface area contributed by atoms with Gasteiger partial charge >= 0.3 is 0 Å². The smallest absolute Gasteiger partial charge is 0.0900 e. The monoisotopic (exact) mass is 245 g/mol. The predicted octanol–water partition coefficient (Wildman–Crippen LogP) is 1.27. The number of rotatable bonds is 7. The number of aliphatic hydroxyl groups is 1. The van der Waals surface area contributed by atoms with Crippen LogP contribution < -0.4 is 0 Å². The van der Waals surface area contributed by atoms with Crippen molar-refractivity contribution in [3.05, 3.63) is 0 Å². The van der Waals surface area contributed by atoms with Crippen LogP contribution in [0.1, 0.15) is 33.1 Å². The highest BCUT2D eigenvalue weighted by Crippen LogP contribution is 2.13. The second-order valence-electron chi connectivity index (χ2n) is 5.25. The molecule has 4 heteroatoms. The highest BCUT2D eigenvalue weighted by Gasteiger charge is 2.17. The second-order valence-corrected chi connectivity index (χ2v) is 5.25. The normalized spacial score (nSPS) is 23.3. The van der Waals surface area contributed by atoms with E-state index in [1.807, 2.05) is 20.9 Å². The van der Waals surface area contributed by atoms with Crippen LogP contribution in [0.5, 0.6) is 0 Å². The Morgan fingerprint density at radius 1 is 1.41 bits per heavy atom. The van der Waals surface area contributed by atoms with E-state index in [1.165, 1.54) is 12.8 Å². The van der Waals surface area contributed by atoms with Gasteiger partial charge in [-0.25, -0.2) is 0 Å². The van der Waals surface area contributed by atoms with Crippen molar-refractivity contribution in [2.24, 2.45) is 0 Å². The Hall–Kier alpha value is -0.160. The summed E-state index contributed by atoms with van der Waals surface area (Å²) in [5.41, 5.74) is 0. The Balaban J connectivity index is 2.12. The lowest BCUT2D eigenvalue weighted by Gasteiger charge is -2.28. The standard InChI is InChI=1S/C13H27NO3/c1-11(2)17-10-12(15)8-14(3)9-13-6-4-5-7-16-13/h11-13,15H,4-10H2,1-3H3. The third-order valence-corrected chi connectivity index (χ3v) is 2.93. The molecule has 0 spiro atoms. The van der Waals surface area contributed by atoms with Gasteiger partial charge in [0.1, 0.15) is 0 Å². The molecule has 17 heavy (non-hydrogen) atoms. The fraction of sp³-hybridized carbons (Fsp3) is 1.00. The minimum Gasteiger partial charge on any atom is -0.389 e. The molecule has 2 unspecified atom stereocenters. The second kappa shape index (κ2) is 8.03. The highest BCUT2D eigenvalue weighted by atomic mass is 16.5. The van der Waals surface area contributed by atoms with Crippen molar-refractivity contribution in [2.45, 2.75) is 51.4 Å². The molecule has 1 N–H and O–H groups in total. The van der Waals surface area contributed by atoms with Gasteiger partial charge in [-0.2, -0.15) is 0 Å². The fourth-order valence-electron chi connectivity index (χ4n) is 2.09. The van der Waals surface area contributed by atoms with E-state index in [2.05, 4.69) is 4.90 Å². The zero-order valence-electron chi connectivity index (χ0n) is 11.4. The summed E-state index contributed by atoms with van der Waals surface area (Å²) in [6.07, 6.45) is 3.69. The van der Waals surface area contributed by atoms with Gasteiger partial charge in [0.25, 0.3) is 0 Å². The molecule has 102 valence electrons. The number of likely N-dealkylation sites (N-methyl/N-ethyl adjacent to an activating group) is 1. The Labute approximate surface area is 105 Å². The summed E-state index contributed by atoms with van der Waals surface area (Å²) in [5, 5.41) is 9.79. The van der Waals surface area contributed by atoms with Crippen LogP contribution in [-0.4, -0.2) is 61.7 Å². The molecule has 1 rings (SSSR count). The van der Waals surface area contributed by atoms with E-state index in [4.69, 9.17) is 9.47 Å². The molecule has 1 saturated heterocycles. The molecule has 0 aromatic rings. The Bertz CT molecular complexity index is 193. The topological polar surface area (TPSA) is 41.9 Å². The van der Waals surface area contributed by atoms with Crippen LogP contribution >= 0.6 is 0 Å². The minimum absolute atomic E-state index is 0.177. The van der Waals surface area contributed by atoms with E-state index in [0.29, 0.717) is 19.3 Å². The first-order chi connectivity index (χ1) is 8.08. The third-order valence-electron chi connectivity index (χ3n) is 2.93. The number of ether oxygens (including phenoxy) is 2. The molecular formula is C13H27NO3. The molecular weight excluding hydrogens is 218 g/mol. The van der Waals surface area contributed by atoms with Gasteiger partial charge in [0, 0.05) is 19.7 Å². The van der Waals surface area contributed by atoms with Crippen molar-refractivity contribution in [3.63, 3.8) is 0 Å². The molecule has 0 aliphatic carbocycles. The molecule has 0 bridgehead atoms. The van der Waals surface area contributed by atoms with Crippen molar-refractivity contribution >= 4 is 0 Å². The Morgan fingerprint density at radius 3 is 2.76 bits per heavy atom. The van der Waals surface area contributed by atoms with Crippen LogP contribution in [0.2, 0.25) is 0 Å². The average Bonchev–Trinajstić information content (AvgIpc) is 2.27. The van der Waals surface area contributed by atoms with Crippen LogP contribution in [0, 0.1) is 0 Å². The summed E-state index contributed by atoms with van der Waals surface area (Å²) >= 11 is 0. The maximum Gasteiger partial charge on any atom is 0.0900 e. The van der Waals surface area contributed by atoms with Crippen molar-refractivity contribution in [2.75, 3.05) is 33.4 Å². The van der Waals surface area contributed by atoms with Gasteiger partial charge in [0.05, 0.1) is 24.9 Å². The van der Waals surface area contributed by atoms with Gasteiger partial charge in [-0.05, 0) is 40.2 Å². The van der Waals surface area contributed by atoms with Crippen LogP contribution in [0.15, 0.2) is 0 Å². The van der Waals surface area contributed by atoms with Gasteiger partial charge in [-0.3, -0.25) is 0 Å². The summed E-state index contributed by atoms with van der Waals surface area (Å²) in [7, 11) is 2.02. The van der Waals surface area contributed by atoms with Crippen molar-refractivity contribution in [1.29, 1.82) is 0 Å². The van der Waals surface area contributed by atoms with Crippen molar-refractivity contribution in [1.82, 2.24) is 4.90 Å². The maximum absolute atomic E-state index is 9.79. The van der Waals surface area contributed by atoms with E-state index in [1.54, 1.807) is 0 Å². The minimum atomic E-state index is -0.411. The molecule has 4 nitrogen and oxygen atoms in total. The lowest BCUT2D eigenvalue weighted by atomic mass is 10.1. The molecule has 2 atom stereocenters. The SMILES string of the molecule is CC(C)OCC(O)CN(C)CC1CCCCO1. The van der Waals surface area contributed by atoms with E-state index in [0.717, 1.165) is 19.6 Å². The molecule has 0 amide bonds. The van der Waals surface area contributed by atoms with E-state index in [-0.39, 0.29) is 6.10 Å². The molecule has 1 fully saturated rings. The van der Waals surface area contributed by atoms with Gasteiger partial charge in [0.15, 0.2) is 0 Å². The van der Waals surface area contributed by atoms with Crippen molar-refractivity contribution < 1.29 is 14.6 Å². The number of hydrogen-bond donors (Lipinski definition) is 1. The first-order valence-electron chi connectivity index (χ1n) is 6.67. The quantitative estimate of drug-likeness (QED) is 0.733. The van der Waals surface area contributed by atoms with Crippen LogP contribution in [0.4, 0.5) is 0 Å². The largest absolute Gasteiger partial charge is 0.389 e. The van der Waals surface area contributed by atoms with Gasteiger partial charge < -0.3 is 19.5 Å². The average molecular weight is 245 g/mol. The maximum atomic E-state index is 9.79. The summed E-state index contributed by atoms with van der Waals surface area (Å²) in [5.74, 6) is 0. The summed E-state index contributed by atoms with van der Waals surface area (Å²) < 4.78 is 11.1. The molecule has 0 saturated carbocycles. The van der Waals surface area contributed by atoms with E-state index in [9.17, 15) is 5.11 Å². The highest BCUT2D eigenvalue weighted by molar-refractivity contribution is 4.69. The fourth-order valence-corrected chi connectivity index (χ4v) is 2.09. The number of aliphatic hydroxyl groups excluding tert-OH is 1. The van der Waals surface area contributed by atoms with Crippen LogP contribution in [-0.2, 0) is 9.47 Å². The molecule has 1 heterocycles. The molecule has 1 aliphatic rings. The van der Waals surface area contributed by atoms with Crippen LogP contribution in [0.25, 0.3) is 0 Å². The summed E-state index contributed by atoms with van der Waals surface area (Å²) in [6, 6.07) is 0. The molecule has 0 radical (unpaired) electrons. The van der Waals surface area contributed by atoms with E-state index < -0.39 is 6.10 Å². The molecule has 1 aliphatic heterocycles. The molecule has 0 aromatic heterocycles. The third kappa shape index (κ3) is 6.99. The Morgan fingerprint density at radius 2 is 2.18 bits per heavy atom. The number of nitrogens with zero attached hydrogens (tertiary/aromatic N) is 1. The van der Waals surface area contributed by atoms with E-state index >= 15 is 0 Å². The zero-order valence-corrected chi connectivity index (χ0v) is 11.4. The first kappa shape index (κ1) is 14.9. The molecule has 0 aromatic carbocycles. The van der Waals surface area contributed by atoms with Gasteiger partial charge in [0.2, 0.25) is 0 Å². The summed E-state index contributed by atoms with van der Waals surface area (Å²) in [4.78, 5) is 2.13. The van der Waals surface area contributed by atoms with Gasteiger partial charge in [-0.15, -0.1) is 0 Å². The number of hydrogen-bond acceptors (Lipinski definition) is 4. The predicted molar refractivity (Wildman–Crippen MR) is 68.2 cm³/mol. The first-order valence-corrected chi connectivity index (χ1v) is 6.67. The van der Waals surface area contributed by atoms with Gasteiger partial charge in [-0.1, -0.05) is 0 Å². The lowest BCUT2D eigenvalue weighted by molar-refractivity contribution is -0.0270. The summed E-state index contributed by atoms with van der Waals surface area (Å²) in [6.45, 7) is 6.80. The zero-order chi connectivity index (χ0) is 12.7. The lowest BCUT2D eigenvalue weighted by Crippen LogP contribution is -2.39. The van der Waals surface area contributed by atoms with Crippen LogP contribution in [0.3, 0.4) is 0 Å². The van der Waals surface area contributed by atoms with Crippen molar-refractivity contribution in [3.8, 4) is 0 Å². The Kier molecular flexibility index (Phi) is 7.04.